The fourth-order valence-electron chi connectivity index (χ4n) is 2.96. The molecule has 1 fully saturated rings. The van der Waals surface area contributed by atoms with Crippen molar-refractivity contribution in [3.63, 3.8) is 0 Å². The second-order valence-corrected chi connectivity index (χ2v) is 5.62. The molecule has 1 aromatic rings. The Bertz CT molecular complexity index is 518. The number of amides is 1. The van der Waals surface area contributed by atoms with Crippen molar-refractivity contribution in [3.05, 3.63) is 35.9 Å². The number of carbonyl (C=O) groups is 1. The summed E-state index contributed by atoms with van der Waals surface area (Å²) in [4.78, 5) is 13.8. The lowest BCUT2D eigenvalue weighted by molar-refractivity contribution is 0.0409. The number of hydrogen-bond acceptors (Lipinski definition) is 4. The molecule has 0 spiro atoms. The van der Waals surface area contributed by atoms with Crippen LogP contribution in [0.25, 0.3) is 0 Å². The lowest BCUT2D eigenvalue weighted by Gasteiger charge is -2.40. The quantitative estimate of drug-likeness (QED) is 0.907. The van der Waals surface area contributed by atoms with Gasteiger partial charge < -0.3 is 9.84 Å². The summed E-state index contributed by atoms with van der Waals surface area (Å²) in [7, 11) is 0. The summed E-state index contributed by atoms with van der Waals surface area (Å²) >= 11 is 0. The first-order valence-electron chi connectivity index (χ1n) is 7.72. The Morgan fingerprint density at radius 3 is 2.55 bits per heavy atom. The summed E-state index contributed by atoms with van der Waals surface area (Å²) in [5, 5.41) is 18.8. The van der Waals surface area contributed by atoms with Crippen LogP contribution in [0.2, 0.25) is 0 Å². The average Bonchev–Trinajstić information content (AvgIpc) is 2.59. The highest BCUT2D eigenvalue weighted by Crippen LogP contribution is 2.33. The Morgan fingerprint density at radius 2 is 1.95 bits per heavy atom. The molecule has 0 saturated heterocycles. The minimum absolute atomic E-state index is 0.126. The number of nitriles is 1. The molecule has 0 unspecified atom stereocenters. The van der Waals surface area contributed by atoms with Crippen LogP contribution in [0.1, 0.15) is 37.7 Å². The van der Waals surface area contributed by atoms with E-state index in [1.807, 2.05) is 30.3 Å². The zero-order chi connectivity index (χ0) is 15.8. The van der Waals surface area contributed by atoms with Crippen molar-refractivity contribution in [2.45, 2.75) is 44.2 Å². The van der Waals surface area contributed by atoms with Gasteiger partial charge in [-0.2, -0.15) is 5.26 Å². The first-order chi connectivity index (χ1) is 10.7. The molecule has 0 radical (unpaired) electrons. The van der Waals surface area contributed by atoms with Crippen LogP contribution in [-0.4, -0.2) is 34.8 Å². The van der Waals surface area contributed by atoms with Gasteiger partial charge in [-0.25, -0.2) is 4.79 Å². The van der Waals surface area contributed by atoms with Gasteiger partial charge >= 0.3 is 6.09 Å². The van der Waals surface area contributed by atoms with Crippen molar-refractivity contribution >= 4 is 6.09 Å². The average molecular weight is 302 g/mol. The van der Waals surface area contributed by atoms with E-state index >= 15 is 0 Å². The molecule has 2 rings (SSSR count). The third-order valence-electron chi connectivity index (χ3n) is 4.15. The van der Waals surface area contributed by atoms with E-state index in [2.05, 4.69) is 6.07 Å². The highest BCUT2D eigenvalue weighted by molar-refractivity contribution is 5.69. The normalized spacial score (nSPS) is 16.5. The third-order valence-corrected chi connectivity index (χ3v) is 4.15. The molecule has 0 aromatic heterocycles. The highest BCUT2D eigenvalue weighted by atomic mass is 16.6. The van der Waals surface area contributed by atoms with Gasteiger partial charge in [-0.1, -0.05) is 49.6 Å². The van der Waals surface area contributed by atoms with Gasteiger partial charge in [-0.05, 0) is 18.4 Å². The second-order valence-electron chi connectivity index (χ2n) is 5.62. The zero-order valence-electron chi connectivity index (χ0n) is 12.7. The minimum Gasteiger partial charge on any atom is -0.445 e. The first kappa shape index (κ1) is 16.3. The number of benzene rings is 1. The van der Waals surface area contributed by atoms with Crippen molar-refractivity contribution in [2.75, 3.05) is 13.2 Å². The molecule has 1 amide bonds. The molecule has 0 atom stereocenters. The molecule has 0 bridgehead atoms. The molecule has 1 aliphatic carbocycles. The summed E-state index contributed by atoms with van der Waals surface area (Å²) in [6.07, 6.45) is 3.67. The molecular formula is C17H22N2O3. The second kappa shape index (κ2) is 7.81. The predicted octanol–water partition coefficient (Wildman–Crippen LogP) is 2.84. The molecule has 1 saturated carbocycles. The molecular weight excluding hydrogens is 280 g/mol. The van der Waals surface area contributed by atoms with Crippen molar-refractivity contribution in [2.24, 2.45) is 0 Å². The van der Waals surface area contributed by atoms with E-state index in [9.17, 15) is 15.2 Å². The molecule has 1 aromatic carbocycles. The first-order valence-corrected chi connectivity index (χ1v) is 7.72. The van der Waals surface area contributed by atoms with E-state index in [1.54, 1.807) is 0 Å². The standard InChI is InChI=1S/C17H22N2O3/c18-14-17(9-5-2-6-10-17)19(11-12-20)16(21)22-13-15-7-3-1-4-8-15/h1,3-4,7-8,20H,2,5-6,9-13H2. The van der Waals surface area contributed by atoms with Crippen molar-refractivity contribution in [1.82, 2.24) is 4.90 Å². The van der Waals surface area contributed by atoms with Gasteiger partial charge in [-0.3, -0.25) is 4.90 Å². The van der Waals surface area contributed by atoms with Gasteiger partial charge in [0.05, 0.1) is 12.7 Å². The Labute approximate surface area is 131 Å². The Morgan fingerprint density at radius 1 is 1.27 bits per heavy atom. The number of aliphatic hydroxyl groups is 1. The molecule has 118 valence electrons. The zero-order valence-corrected chi connectivity index (χ0v) is 12.7. The third kappa shape index (κ3) is 3.77. The maximum absolute atomic E-state index is 12.4. The number of β-amino-alcohol motifs (C(OH)–C–C–N with tert-alkyl or cyclic N) is 1. The largest absolute Gasteiger partial charge is 0.445 e. The summed E-state index contributed by atoms with van der Waals surface area (Å²) in [6, 6.07) is 11.7. The summed E-state index contributed by atoms with van der Waals surface area (Å²) in [6.45, 7) is 0.119. The molecule has 1 aliphatic rings. The number of nitrogens with zero attached hydrogens (tertiary/aromatic N) is 2. The summed E-state index contributed by atoms with van der Waals surface area (Å²) in [5.41, 5.74) is 0.0591. The van der Waals surface area contributed by atoms with Gasteiger partial charge in [0.2, 0.25) is 0 Å². The molecule has 0 aliphatic heterocycles. The van der Waals surface area contributed by atoms with Gasteiger partial charge in [0.1, 0.15) is 12.1 Å². The van der Waals surface area contributed by atoms with Gasteiger partial charge in [0, 0.05) is 6.54 Å². The van der Waals surface area contributed by atoms with Crippen LogP contribution >= 0.6 is 0 Å². The van der Waals surface area contributed by atoms with E-state index in [4.69, 9.17) is 4.74 Å². The minimum atomic E-state index is -0.839. The van der Waals surface area contributed by atoms with Crippen molar-refractivity contribution < 1.29 is 14.6 Å². The molecule has 0 heterocycles. The summed E-state index contributed by atoms with van der Waals surface area (Å²) in [5.74, 6) is 0. The lowest BCUT2D eigenvalue weighted by Crippen LogP contribution is -2.53. The van der Waals surface area contributed by atoms with Crippen molar-refractivity contribution in [3.8, 4) is 6.07 Å². The van der Waals surface area contributed by atoms with Crippen LogP contribution < -0.4 is 0 Å². The number of rotatable bonds is 5. The Hall–Kier alpha value is -2.06. The summed E-state index contributed by atoms with van der Waals surface area (Å²) < 4.78 is 5.35. The van der Waals surface area contributed by atoms with Gasteiger partial charge in [-0.15, -0.1) is 0 Å². The number of ether oxygens (including phenoxy) is 1. The Balaban J connectivity index is 2.06. The Kier molecular flexibility index (Phi) is 5.79. The SMILES string of the molecule is N#CC1(N(CCO)C(=O)OCc2ccccc2)CCCCC1. The topological polar surface area (TPSA) is 73.6 Å². The van der Waals surface area contributed by atoms with E-state index < -0.39 is 11.6 Å². The van der Waals surface area contributed by atoms with Crippen LogP contribution in [0.3, 0.4) is 0 Å². The maximum Gasteiger partial charge on any atom is 0.411 e. The van der Waals surface area contributed by atoms with Crippen LogP contribution in [0.4, 0.5) is 4.79 Å². The molecule has 5 heteroatoms. The fraction of sp³-hybridized carbons (Fsp3) is 0.529. The van der Waals surface area contributed by atoms with Crippen LogP contribution in [0, 0.1) is 11.3 Å². The van der Waals surface area contributed by atoms with Crippen LogP contribution in [0.15, 0.2) is 30.3 Å². The monoisotopic (exact) mass is 302 g/mol. The lowest BCUT2D eigenvalue weighted by atomic mass is 9.81. The van der Waals surface area contributed by atoms with Gasteiger partial charge in [0.15, 0.2) is 0 Å². The van der Waals surface area contributed by atoms with E-state index in [0.29, 0.717) is 12.8 Å². The molecule has 1 N–H and O–H groups in total. The highest BCUT2D eigenvalue weighted by Gasteiger charge is 2.41. The molecule has 5 nitrogen and oxygen atoms in total. The maximum atomic E-state index is 12.4. The smallest absolute Gasteiger partial charge is 0.411 e. The number of carbonyl (C=O) groups excluding carboxylic acids is 1. The van der Waals surface area contributed by atoms with E-state index in [-0.39, 0.29) is 19.8 Å². The van der Waals surface area contributed by atoms with E-state index in [1.165, 1.54) is 4.90 Å². The van der Waals surface area contributed by atoms with Crippen LogP contribution in [-0.2, 0) is 11.3 Å². The van der Waals surface area contributed by atoms with Crippen LogP contribution in [0.5, 0.6) is 0 Å². The van der Waals surface area contributed by atoms with Gasteiger partial charge in [0.25, 0.3) is 0 Å². The number of aliphatic hydroxyl groups excluding tert-OH is 1. The molecule has 22 heavy (non-hydrogen) atoms. The fourth-order valence-corrected chi connectivity index (χ4v) is 2.96. The number of hydrogen-bond donors (Lipinski definition) is 1. The predicted molar refractivity (Wildman–Crippen MR) is 81.8 cm³/mol. The van der Waals surface area contributed by atoms with Crippen molar-refractivity contribution in [1.29, 1.82) is 5.26 Å². The van der Waals surface area contributed by atoms with E-state index in [0.717, 1.165) is 24.8 Å².